The molecule has 0 saturated heterocycles. The molecule has 0 unspecified atom stereocenters. The third-order valence-electron chi connectivity index (χ3n) is 1.51. The molecule has 0 radical (unpaired) electrons. The predicted molar refractivity (Wildman–Crippen MR) is 45.1 cm³/mol. The fourth-order valence-corrected chi connectivity index (χ4v) is 0.951. The van der Waals surface area contributed by atoms with Crippen molar-refractivity contribution in [1.82, 2.24) is 0 Å². The van der Waals surface area contributed by atoms with Gasteiger partial charge in [0.2, 0.25) is 0 Å². The Labute approximate surface area is 65.7 Å². The van der Waals surface area contributed by atoms with E-state index in [1.165, 1.54) is 5.56 Å². The molecule has 54 valence electrons. The van der Waals surface area contributed by atoms with Crippen LogP contribution in [0, 0.1) is 0 Å². The summed E-state index contributed by atoms with van der Waals surface area (Å²) in [5, 5.41) is 0. The first-order valence-electron chi connectivity index (χ1n) is 4.83. The minimum atomic E-state index is -0.659. The summed E-state index contributed by atoms with van der Waals surface area (Å²) >= 11 is 0. The van der Waals surface area contributed by atoms with Crippen molar-refractivity contribution >= 4 is 0 Å². The maximum Gasteiger partial charge on any atom is 0.0230 e. The lowest BCUT2D eigenvalue weighted by Gasteiger charge is -1.96. The van der Waals surface area contributed by atoms with Crippen LogP contribution in [0.25, 0.3) is 0 Å². The Hall–Kier alpha value is -0.780. The van der Waals surface area contributed by atoms with E-state index in [0.717, 1.165) is 12.8 Å². The topological polar surface area (TPSA) is 0 Å². The number of hydrogen-bond donors (Lipinski definition) is 0. The van der Waals surface area contributed by atoms with Crippen molar-refractivity contribution in [1.29, 1.82) is 0 Å². The second kappa shape index (κ2) is 4.10. The Kier molecular flexibility index (Phi) is 2.03. The predicted octanol–water partition coefficient (Wildman–Crippen LogP) is 3.03. The van der Waals surface area contributed by atoms with Crippen molar-refractivity contribution < 1.29 is 2.74 Å². The standard InChI is InChI=1S/C10H14/c1-2-3-7-10-8-5-4-6-9-10/h4-6,8-9H,2-3,7H2,1H3/i1D2. The molecule has 0 saturated carbocycles. The molecule has 0 fully saturated rings. The van der Waals surface area contributed by atoms with E-state index in [4.69, 9.17) is 2.74 Å². The molecular formula is C10H14. The lowest BCUT2D eigenvalue weighted by Crippen LogP contribution is -1.81. The molecule has 0 spiro atoms. The van der Waals surface area contributed by atoms with E-state index in [1.54, 1.807) is 0 Å². The summed E-state index contributed by atoms with van der Waals surface area (Å²) in [6.45, 7) is -0.659. The van der Waals surface area contributed by atoms with Gasteiger partial charge in [-0.05, 0) is 18.4 Å². The van der Waals surface area contributed by atoms with Crippen LogP contribution in [0.1, 0.15) is 28.0 Å². The minimum Gasteiger partial charge on any atom is -0.0654 e. The molecule has 0 heteroatoms. The first-order valence-corrected chi connectivity index (χ1v) is 3.67. The average Bonchev–Trinajstić information content (AvgIpc) is 2.05. The summed E-state index contributed by atoms with van der Waals surface area (Å²) in [5.74, 6) is 0. The van der Waals surface area contributed by atoms with Crippen molar-refractivity contribution in [3.05, 3.63) is 35.9 Å². The van der Waals surface area contributed by atoms with Gasteiger partial charge in [-0.15, -0.1) is 0 Å². The van der Waals surface area contributed by atoms with Crippen LogP contribution < -0.4 is 0 Å². The molecule has 0 aliphatic rings. The molecule has 0 N–H and O–H groups in total. The first kappa shape index (κ1) is 4.95. The van der Waals surface area contributed by atoms with E-state index in [1.807, 2.05) is 18.2 Å². The van der Waals surface area contributed by atoms with Crippen molar-refractivity contribution in [3.8, 4) is 0 Å². The van der Waals surface area contributed by atoms with Gasteiger partial charge >= 0.3 is 0 Å². The normalized spacial score (nSPS) is 12.9. The van der Waals surface area contributed by atoms with Crippen LogP contribution in [0.3, 0.4) is 0 Å². The molecule has 0 aromatic heterocycles. The van der Waals surface area contributed by atoms with Gasteiger partial charge in [0.1, 0.15) is 0 Å². The molecule has 10 heavy (non-hydrogen) atoms. The number of aryl methyl sites for hydroxylation is 1. The van der Waals surface area contributed by atoms with E-state index >= 15 is 0 Å². The molecule has 1 aromatic carbocycles. The van der Waals surface area contributed by atoms with Crippen molar-refractivity contribution in [2.45, 2.75) is 26.1 Å². The Morgan fingerprint density at radius 1 is 1.30 bits per heavy atom. The Bertz CT molecular complexity index is 206. The summed E-state index contributed by atoms with van der Waals surface area (Å²) in [6.07, 6.45) is 2.62. The van der Waals surface area contributed by atoms with Gasteiger partial charge in [-0.2, -0.15) is 0 Å². The second-order valence-electron chi connectivity index (χ2n) is 2.38. The summed E-state index contributed by atoms with van der Waals surface area (Å²) in [4.78, 5) is 0. The highest BCUT2D eigenvalue weighted by Crippen LogP contribution is 2.03. The molecule has 0 aliphatic heterocycles. The van der Waals surface area contributed by atoms with Crippen LogP contribution in [-0.4, -0.2) is 0 Å². The van der Waals surface area contributed by atoms with Gasteiger partial charge < -0.3 is 0 Å². The number of rotatable bonds is 3. The quantitative estimate of drug-likeness (QED) is 0.599. The molecular weight excluding hydrogens is 120 g/mol. The highest BCUT2D eigenvalue weighted by molar-refractivity contribution is 5.14. The number of benzene rings is 1. The fraction of sp³-hybridized carbons (Fsp3) is 0.400. The third-order valence-corrected chi connectivity index (χ3v) is 1.51. The van der Waals surface area contributed by atoms with Gasteiger partial charge in [-0.1, -0.05) is 43.6 Å². The van der Waals surface area contributed by atoms with E-state index in [2.05, 4.69) is 12.1 Å². The molecule has 0 atom stereocenters. The Morgan fingerprint density at radius 2 is 2.10 bits per heavy atom. The van der Waals surface area contributed by atoms with Crippen molar-refractivity contribution in [2.75, 3.05) is 0 Å². The molecule has 1 aromatic rings. The lowest BCUT2D eigenvalue weighted by atomic mass is 10.1. The monoisotopic (exact) mass is 136 g/mol. The molecule has 0 bridgehead atoms. The third kappa shape index (κ3) is 2.22. The van der Waals surface area contributed by atoms with Gasteiger partial charge in [-0.3, -0.25) is 0 Å². The maximum absolute atomic E-state index is 7.01. The largest absolute Gasteiger partial charge is 0.0654 e. The van der Waals surface area contributed by atoms with Gasteiger partial charge in [-0.25, -0.2) is 0 Å². The van der Waals surface area contributed by atoms with Crippen molar-refractivity contribution in [3.63, 3.8) is 0 Å². The number of hydrogen-bond acceptors (Lipinski definition) is 0. The van der Waals surface area contributed by atoms with E-state index in [-0.39, 0.29) is 0 Å². The molecule has 0 heterocycles. The van der Waals surface area contributed by atoms with Crippen LogP contribution in [-0.2, 0) is 6.42 Å². The average molecular weight is 136 g/mol. The first-order chi connectivity index (χ1) is 5.79. The summed E-state index contributed by atoms with van der Waals surface area (Å²) in [6, 6.07) is 10.2. The molecule has 0 nitrogen and oxygen atoms in total. The van der Waals surface area contributed by atoms with Gasteiger partial charge in [0.05, 0.1) is 0 Å². The SMILES string of the molecule is [2H]C([2H])CCCc1ccccc1. The van der Waals surface area contributed by atoms with E-state index in [9.17, 15) is 0 Å². The highest BCUT2D eigenvalue weighted by Gasteiger charge is 1.87. The Morgan fingerprint density at radius 3 is 2.80 bits per heavy atom. The minimum absolute atomic E-state index is 0.659. The summed E-state index contributed by atoms with van der Waals surface area (Å²) < 4.78 is 14.0. The zero-order chi connectivity index (χ0) is 8.81. The van der Waals surface area contributed by atoms with E-state index in [0.29, 0.717) is 6.42 Å². The Balaban J connectivity index is 2.25. The lowest BCUT2D eigenvalue weighted by molar-refractivity contribution is 0.795. The second-order valence-corrected chi connectivity index (χ2v) is 2.38. The fourth-order valence-electron chi connectivity index (χ4n) is 0.951. The molecule has 0 amide bonds. The summed E-state index contributed by atoms with van der Waals surface area (Å²) in [7, 11) is 0. The van der Waals surface area contributed by atoms with Crippen LogP contribution in [0.5, 0.6) is 0 Å². The van der Waals surface area contributed by atoms with Crippen LogP contribution in [0.15, 0.2) is 30.3 Å². The van der Waals surface area contributed by atoms with Crippen LogP contribution in [0.4, 0.5) is 0 Å². The van der Waals surface area contributed by atoms with Gasteiger partial charge in [0.25, 0.3) is 0 Å². The van der Waals surface area contributed by atoms with Crippen LogP contribution >= 0.6 is 0 Å². The van der Waals surface area contributed by atoms with Gasteiger partial charge in [0, 0.05) is 2.74 Å². The molecule has 0 aliphatic carbocycles. The maximum atomic E-state index is 7.01. The highest BCUT2D eigenvalue weighted by atomic mass is 13.9. The zero-order valence-corrected chi connectivity index (χ0v) is 6.09. The van der Waals surface area contributed by atoms with E-state index < -0.39 is 6.88 Å². The van der Waals surface area contributed by atoms with Crippen molar-refractivity contribution in [2.24, 2.45) is 0 Å². The van der Waals surface area contributed by atoms with Crippen LogP contribution in [0.2, 0.25) is 0 Å². The molecule has 1 rings (SSSR count). The summed E-state index contributed by atoms with van der Waals surface area (Å²) in [5.41, 5.74) is 1.30. The van der Waals surface area contributed by atoms with Gasteiger partial charge in [0.15, 0.2) is 0 Å². The zero-order valence-electron chi connectivity index (χ0n) is 8.09. The smallest absolute Gasteiger partial charge is 0.0230 e.